The molecule has 0 bridgehead atoms. The normalized spacial score (nSPS) is 10.9. The Hall–Kier alpha value is -2.55. The molecule has 0 fully saturated rings. The van der Waals surface area contributed by atoms with Crippen LogP contribution in [0.3, 0.4) is 0 Å². The molecule has 0 amide bonds. The number of rotatable bonds is 6. The van der Waals surface area contributed by atoms with E-state index in [1.54, 1.807) is 0 Å². The summed E-state index contributed by atoms with van der Waals surface area (Å²) in [7, 11) is 0. The Kier molecular flexibility index (Phi) is 4.77. The van der Waals surface area contributed by atoms with Gasteiger partial charge in [0.2, 0.25) is 0 Å². The smallest absolute Gasteiger partial charge is 0.308 e. The van der Waals surface area contributed by atoms with Crippen molar-refractivity contribution in [3.63, 3.8) is 0 Å². The molecule has 0 atom stereocenters. The number of aromatic nitrogens is 1. The molecule has 0 aliphatic carbocycles. The molecular formula is C20H21NO2. The van der Waals surface area contributed by atoms with Gasteiger partial charge in [0.15, 0.2) is 5.89 Å². The molecule has 0 aliphatic heterocycles. The summed E-state index contributed by atoms with van der Waals surface area (Å²) >= 11 is 0. The van der Waals surface area contributed by atoms with E-state index in [1.807, 2.05) is 26.0 Å². The first-order valence-corrected chi connectivity index (χ1v) is 7.97. The number of aryl methyl sites for hydroxylation is 1. The summed E-state index contributed by atoms with van der Waals surface area (Å²) in [5.74, 6) is 1.45. The van der Waals surface area contributed by atoms with Gasteiger partial charge in [-0.3, -0.25) is 0 Å². The summed E-state index contributed by atoms with van der Waals surface area (Å²) in [6, 6.07) is 20.9. The van der Waals surface area contributed by atoms with Gasteiger partial charge < -0.3 is 9.15 Å². The molecule has 3 aromatic rings. The van der Waals surface area contributed by atoms with E-state index in [0.717, 1.165) is 5.69 Å². The number of benzene rings is 2. The van der Waals surface area contributed by atoms with Crippen molar-refractivity contribution in [2.24, 2.45) is 0 Å². The highest BCUT2D eigenvalue weighted by Crippen LogP contribution is 2.30. The lowest BCUT2D eigenvalue weighted by molar-refractivity contribution is 0.247. The van der Waals surface area contributed by atoms with Gasteiger partial charge in [0.05, 0.1) is 6.61 Å². The van der Waals surface area contributed by atoms with E-state index in [9.17, 15) is 0 Å². The van der Waals surface area contributed by atoms with Crippen molar-refractivity contribution in [1.82, 2.24) is 4.98 Å². The fourth-order valence-electron chi connectivity index (χ4n) is 2.76. The summed E-state index contributed by atoms with van der Waals surface area (Å²) < 4.78 is 11.3. The molecule has 0 unspecified atom stereocenters. The number of ether oxygens (including phenoxy) is 1. The van der Waals surface area contributed by atoms with Gasteiger partial charge in [-0.25, -0.2) is 4.98 Å². The topological polar surface area (TPSA) is 35.3 Å². The molecule has 0 spiro atoms. The van der Waals surface area contributed by atoms with Gasteiger partial charge in [-0.2, -0.15) is 0 Å². The van der Waals surface area contributed by atoms with Gasteiger partial charge in [-0.05, 0) is 25.0 Å². The second-order valence-electron chi connectivity index (χ2n) is 5.49. The van der Waals surface area contributed by atoms with Crippen LogP contribution in [0.4, 0.5) is 0 Å². The monoisotopic (exact) mass is 307 g/mol. The van der Waals surface area contributed by atoms with E-state index in [1.165, 1.54) is 11.1 Å². The highest BCUT2D eigenvalue weighted by Gasteiger charge is 2.19. The second-order valence-corrected chi connectivity index (χ2v) is 5.49. The molecule has 23 heavy (non-hydrogen) atoms. The fraction of sp³-hybridized carbons (Fsp3) is 0.250. The SMILES string of the molecule is CCOc1oc(CC(c2ccccc2)c2ccccc2)nc1C. The fourth-order valence-corrected chi connectivity index (χ4v) is 2.76. The Balaban J connectivity index is 1.92. The summed E-state index contributed by atoms with van der Waals surface area (Å²) in [5, 5.41) is 0. The Bertz CT molecular complexity index is 695. The van der Waals surface area contributed by atoms with E-state index in [2.05, 4.69) is 53.5 Å². The highest BCUT2D eigenvalue weighted by molar-refractivity contribution is 5.33. The maximum absolute atomic E-state index is 5.79. The second kappa shape index (κ2) is 7.14. The predicted octanol–water partition coefficient (Wildman–Crippen LogP) is 4.76. The summed E-state index contributed by atoms with van der Waals surface area (Å²) in [6.45, 7) is 4.44. The van der Waals surface area contributed by atoms with Gasteiger partial charge in [0.25, 0.3) is 0 Å². The third-order valence-corrected chi connectivity index (χ3v) is 3.86. The van der Waals surface area contributed by atoms with Crippen molar-refractivity contribution < 1.29 is 9.15 Å². The van der Waals surface area contributed by atoms with Crippen LogP contribution in [0.2, 0.25) is 0 Å². The van der Waals surface area contributed by atoms with Gasteiger partial charge >= 0.3 is 5.95 Å². The molecule has 0 saturated carbocycles. The summed E-state index contributed by atoms with van der Waals surface area (Å²) in [6.07, 6.45) is 0.710. The molecule has 3 heteroatoms. The van der Waals surface area contributed by atoms with E-state index in [0.29, 0.717) is 24.9 Å². The van der Waals surface area contributed by atoms with Crippen LogP contribution in [0.5, 0.6) is 5.95 Å². The Morgan fingerprint density at radius 3 is 2.04 bits per heavy atom. The molecule has 118 valence electrons. The lowest BCUT2D eigenvalue weighted by Gasteiger charge is -2.16. The maximum Gasteiger partial charge on any atom is 0.308 e. The third-order valence-electron chi connectivity index (χ3n) is 3.86. The molecule has 0 radical (unpaired) electrons. The number of hydrogen-bond acceptors (Lipinski definition) is 3. The van der Waals surface area contributed by atoms with Gasteiger partial charge in [-0.1, -0.05) is 60.7 Å². The van der Waals surface area contributed by atoms with Crippen molar-refractivity contribution in [3.05, 3.63) is 83.4 Å². The molecule has 1 heterocycles. The Morgan fingerprint density at radius 1 is 0.957 bits per heavy atom. The molecule has 3 nitrogen and oxygen atoms in total. The molecule has 0 saturated heterocycles. The van der Waals surface area contributed by atoms with Crippen LogP contribution in [0, 0.1) is 6.92 Å². The molecular weight excluding hydrogens is 286 g/mol. The standard InChI is InChI=1S/C20H21NO2/c1-3-22-20-15(2)21-19(23-20)14-18(16-10-6-4-7-11-16)17-12-8-5-9-13-17/h4-13,18H,3,14H2,1-2H3. The van der Waals surface area contributed by atoms with Crippen LogP contribution in [-0.4, -0.2) is 11.6 Å². The van der Waals surface area contributed by atoms with Crippen molar-refractivity contribution in [2.45, 2.75) is 26.2 Å². The molecule has 2 aromatic carbocycles. The van der Waals surface area contributed by atoms with Crippen LogP contribution in [0.25, 0.3) is 0 Å². The number of oxazole rings is 1. The van der Waals surface area contributed by atoms with Crippen molar-refractivity contribution >= 4 is 0 Å². The zero-order valence-corrected chi connectivity index (χ0v) is 13.5. The Labute approximate surface area is 136 Å². The molecule has 0 N–H and O–H groups in total. The first-order chi connectivity index (χ1) is 11.3. The first kappa shape index (κ1) is 15.3. The largest absolute Gasteiger partial charge is 0.464 e. The van der Waals surface area contributed by atoms with Crippen molar-refractivity contribution in [3.8, 4) is 5.95 Å². The number of nitrogens with zero attached hydrogens (tertiary/aromatic N) is 1. The minimum Gasteiger partial charge on any atom is -0.464 e. The van der Waals surface area contributed by atoms with Gasteiger partial charge in [0, 0.05) is 12.3 Å². The van der Waals surface area contributed by atoms with Crippen LogP contribution in [0.1, 0.15) is 35.6 Å². The summed E-state index contributed by atoms with van der Waals surface area (Å²) in [5.41, 5.74) is 3.32. The average Bonchev–Trinajstić information content (AvgIpc) is 2.94. The quantitative estimate of drug-likeness (QED) is 0.659. The van der Waals surface area contributed by atoms with Crippen LogP contribution < -0.4 is 4.74 Å². The van der Waals surface area contributed by atoms with Crippen LogP contribution in [-0.2, 0) is 6.42 Å². The van der Waals surface area contributed by atoms with E-state index >= 15 is 0 Å². The average molecular weight is 307 g/mol. The van der Waals surface area contributed by atoms with Crippen LogP contribution in [0.15, 0.2) is 65.1 Å². The maximum atomic E-state index is 5.79. The molecule has 1 aromatic heterocycles. The predicted molar refractivity (Wildman–Crippen MR) is 90.8 cm³/mol. The zero-order valence-electron chi connectivity index (χ0n) is 13.5. The summed E-state index contributed by atoms with van der Waals surface area (Å²) in [4.78, 5) is 4.53. The van der Waals surface area contributed by atoms with Crippen molar-refractivity contribution in [2.75, 3.05) is 6.61 Å². The first-order valence-electron chi connectivity index (χ1n) is 7.97. The lowest BCUT2D eigenvalue weighted by Crippen LogP contribution is -2.05. The minimum absolute atomic E-state index is 0.213. The number of hydrogen-bond donors (Lipinski definition) is 0. The Morgan fingerprint density at radius 2 is 1.52 bits per heavy atom. The van der Waals surface area contributed by atoms with Gasteiger partial charge in [-0.15, -0.1) is 0 Å². The molecule has 0 aliphatic rings. The minimum atomic E-state index is 0.213. The van der Waals surface area contributed by atoms with E-state index < -0.39 is 0 Å². The lowest BCUT2D eigenvalue weighted by atomic mass is 9.88. The van der Waals surface area contributed by atoms with Crippen LogP contribution >= 0.6 is 0 Å². The van der Waals surface area contributed by atoms with Crippen molar-refractivity contribution in [1.29, 1.82) is 0 Å². The third kappa shape index (κ3) is 3.62. The van der Waals surface area contributed by atoms with E-state index in [4.69, 9.17) is 9.15 Å². The zero-order chi connectivity index (χ0) is 16.1. The van der Waals surface area contributed by atoms with Gasteiger partial charge in [0.1, 0.15) is 5.69 Å². The van der Waals surface area contributed by atoms with E-state index in [-0.39, 0.29) is 5.92 Å². The molecule has 3 rings (SSSR count). The highest BCUT2D eigenvalue weighted by atomic mass is 16.6.